The number of para-hydroxylation sites is 1. The van der Waals surface area contributed by atoms with E-state index in [0.717, 1.165) is 11.1 Å². The maximum absolute atomic E-state index is 10.2. The van der Waals surface area contributed by atoms with Crippen LogP contribution in [0.4, 0.5) is 5.69 Å². The van der Waals surface area contributed by atoms with Gasteiger partial charge in [0.1, 0.15) is 11.4 Å². The number of hydrogen-bond donors (Lipinski definition) is 1. The Hall–Kier alpha value is -3.22. The molecule has 4 aromatic rings. The van der Waals surface area contributed by atoms with Crippen molar-refractivity contribution in [3.8, 4) is 5.75 Å². The van der Waals surface area contributed by atoms with Crippen molar-refractivity contribution in [1.82, 2.24) is 0 Å². The van der Waals surface area contributed by atoms with Gasteiger partial charge in [0.15, 0.2) is 0 Å². The van der Waals surface area contributed by atoms with Crippen molar-refractivity contribution in [2.24, 2.45) is 4.99 Å². The number of phenolic OH excluding ortho intramolecular Hbond substituents is 1. The molecule has 3 heteroatoms. The second-order valence-corrected chi connectivity index (χ2v) is 8.95. The highest BCUT2D eigenvalue weighted by atomic mass is 31.1. The van der Waals surface area contributed by atoms with Gasteiger partial charge in [-0.3, -0.25) is 4.99 Å². The molecular formula is C26H22NOP. The summed E-state index contributed by atoms with van der Waals surface area (Å²) >= 11 is 0. The van der Waals surface area contributed by atoms with E-state index in [2.05, 4.69) is 83.9 Å². The molecule has 1 N–H and O–H groups in total. The summed E-state index contributed by atoms with van der Waals surface area (Å²) in [4.78, 5) is 4.64. The lowest BCUT2D eigenvalue weighted by Gasteiger charge is -2.21. The molecule has 2 nitrogen and oxygen atoms in total. The highest BCUT2D eigenvalue weighted by Gasteiger charge is 2.18. The van der Waals surface area contributed by atoms with Gasteiger partial charge < -0.3 is 5.11 Å². The van der Waals surface area contributed by atoms with Gasteiger partial charge in [0.05, 0.1) is 0 Å². The molecular weight excluding hydrogens is 373 g/mol. The summed E-state index contributed by atoms with van der Waals surface area (Å²) in [6, 6.07) is 35.1. The van der Waals surface area contributed by atoms with Crippen LogP contribution in [0.15, 0.2) is 108 Å². The summed E-state index contributed by atoms with van der Waals surface area (Å²) < 4.78 is 0. The third-order valence-corrected chi connectivity index (χ3v) is 7.27. The van der Waals surface area contributed by atoms with Crippen molar-refractivity contribution in [1.29, 1.82) is 0 Å². The van der Waals surface area contributed by atoms with Gasteiger partial charge in [-0.1, -0.05) is 97.1 Å². The molecule has 0 aromatic heterocycles. The Labute approximate surface area is 173 Å². The maximum atomic E-state index is 10.2. The van der Waals surface area contributed by atoms with Crippen molar-refractivity contribution in [2.45, 2.75) is 6.92 Å². The van der Waals surface area contributed by atoms with Gasteiger partial charge in [-0.15, -0.1) is 0 Å². The van der Waals surface area contributed by atoms with Crippen LogP contribution in [-0.4, -0.2) is 11.3 Å². The van der Waals surface area contributed by atoms with Crippen LogP contribution in [-0.2, 0) is 0 Å². The van der Waals surface area contributed by atoms with Crippen LogP contribution in [0, 0.1) is 6.92 Å². The first-order valence-corrected chi connectivity index (χ1v) is 10.9. The third kappa shape index (κ3) is 4.29. The average Bonchev–Trinajstić information content (AvgIpc) is 2.76. The molecule has 0 fully saturated rings. The molecule has 0 bridgehead atoms. The van der Waals surface area contributed by atoms with Gasteiger partial charge in [0, 0.05) is 11.8 Å². The van der Waals surface area contributed by atoms with Gasteiger partial charge >= 0.3 is 0 Å². The normalized spacial score (nSPS) is 11.2. The van der Waals surface area contributed by atoms with Crippen LogP contribution in [0.2, 0.25) is 0 Å². The SMILES string of the molecule is Cc1cccc(O)c1/N=C/c1ccccc1P(c1ccccc1)c1ccccc1. The predicted octanol–water partition coefficient (Wildman–Crippen LogP) is 5.21. The second kappa shape index (κ2) is 8.86. The van der Waals surface area contributed by atoms with Crippen LogP contribution in [0.5, 0.6) is 5.75 Å². The first-order chi connectivity index (χ1) is 14.2. The zero-order valence-corrected chi connectivity index (χ0v) is 17.1. The van der Waals surface area contributed by atoms with Crippen molar-refractivity contribution in [3.05, 3.63) is 114 Å². The van der Waals surface area contributed by atoms with Crippen LogP contribution in [0.1, 0.15) is 11.1 Å². The number of benzene rings is 4. The summed E-state index contributed by atoms with van der Waals surface area (Å²) in [6.45, 7) is 1.96. The van der Waals surface area contributed by atoms with Gasteiger partial charge in [-0.05, 0) is 42.4 Å². The highest BCUT2D eigenvalue weighted by Crippen LogP contribution is 2.34. The predicted molar refractivity (Wildman–Crippen MR) is 125 cm³/mol. The number of rotatable bonds is 5. The van der Waals surface area contributed by atoms with Gasteiger partial charge in [0.2, 0.25) is 0 Å². The summed E-state index contributed by atoms with van der Waals surface area (Å²) in [6.07, 6.45) is 1.87. The van der Waals surface area contributed by atoms with Gasteiger partial charge in [-0.2, -0.15) is 0 Å². The van der Waals surface area contributed by atoms with E-state index in [9.17, 15) is 5.11 Å². The molecule has 0 spiro atoms. The van der Waals surface area contributed by atoms with E-state index < -0.39 is 7.92 Å². The number of phenols is 1. The molecule has 0 saturated heterocycles. The van der Waals surface area contributed by atoms with E-state index in [4.69, 9.17) is 0 Å². The third-order valence-electron chi connectivity index (χ3n) is 4.76. The summed E-state index contributed by atoms with van der Waals surface area (Å²) in [5.74, 6) is 0.201. The number of aromatic hydroxyl groups is 1. The number of hydrogen-bond acceptors (Lipinski definition) is 2. The van der Waals surface area contributed by atoms with Crippen molar-refractivity contribution >= 4 is 35.7 Å². The molecule has 0 aliphatic rings. The molecule has 0 aliphatic carbocycles. The second-order valence-electron chi connectivity index (χ2n) is 6.77. The molecule has 0 unspecified atom stereocenters. The molecule has 4 rings (SSSR count). The van der Waals surface area contributed by atoms with Crippen LogP contribution in [0.25, 0.3) is 0 Å². The molecule has 0 aliphatic heterocycles. The average molecular weight is 395 g/mol. The monoisotopic (exact) mass is 395 g/mol. The molecule has 0 saturated carbocycles. The highest BCUT2D eigenvalue weighted by molar-refractivity contribution is 7.80. The van der Waals surface area contributed by atoms with Gasteiger partial charge in [0.25, 0.3) is 0 Å². The summed E-state index contributed by atoms with van der Waals surface area (Å²) in [7, 11) is -0.716. The Morgan fingerprint density at radius 1 is 0.690 bits per heavy atom. The standard InChI is InChI=1S/C26H22NOP/c1-20-11-10-17-24(28)26(20)27-19-21-12-8-9-18-25(21)29(22-13-4-2-5-14-22)23-15-6-3-7-16-23/h2-19,28H,1H3/b27-19+. The molecule has 0 radical (unpaired) electrons. The number of nitrogens with zero attached hydrogens (tertiary/aromatic N) is 1. The van der Waals surface area contributed by atoms with Gasteiger partial charge in [-0.25, -0.2) is 0 Å². The van der Waals surface area contributed by atoms with E-state index >= 15 is 0 Å². The van der Waals surface area contributed by atoms with E-state index in [1.54, 1.807) is 6.07 Å². The smallest absolute Gasteiger partial charge is 0.141 e. The van der Waals surface area contributed by atoms with Crippen LogP contribution >= 0.6 is 7.92 Å². The van der Waals surface area contributed by atoms with Crippen LogP contribution < -0.4 is 15.9 Å². The fourth-order valence-corrected chi connectivity index (χ4v) is 5.75. The maximum Gasteiger partial charge on any atom is 0.141 e. The van der Waals surface area contributed by atoms with E-state index in [1.165, 1.54) is 15.9 Å². The van der Waals surface area contributed by atoms with E-state index in [1.807, 2.05) is 31.3 Å². The number of aliphatic imine (C=N–C) groups is 1. The quantitative estimate of drug-likeness (QED) is 0.365. The lowest BCUT2D eigenvalue weighted by Crippen LogP contribution is -2.23. The Bertz CT molecular complexity index is 1060. The Morgan fingerprint density at radius 3 is 1.90 bits per heavy atom. The van der Waals surface area contributed by atoms with Crippen molar-refractivity contribution in [3.63, 3.8) is 0 Å². The summed E-state index contributed by atoms with van der Waals surface area (Å²) in [5, 5.41) is 14.0. The fraction of sp³-hybridized carbons (Fsp3) is 0.0385. The minimum absolute atomic E-state index is 0.201. The van der Waals surface area contributed by atoms with Crippen LogP contribution in [0.3, 0.4) is 0 Å². The topological polar surface area (TPSA) is 32.6 Å². The molecule has 0 amide bonds. The summed E-state index contributed by atoms with van der Waals surface area (Å²) in [5.41, 5.74) is 2.63. The zero-order valence-electron chi connectivity index (χ0n) is 16.2. The van der Waals surface area contributed by atoms with Crippen molar-refractivity contribution < 1.29 is 5.11 Å². The Morgan fingerprint density at radius 2 is 1.28 bits per heavy atom. The molecule has 0 atom stereocenters. The lowest BCUT2D eigenvalue weighted by molar-refractivity contribution is 0.476. The fourth-order valence-electron chi connectivity index (χ4n) is 3.33. The first kappa shape index (κ1) is 19.1. The Balaban J connectivity index is 1.82. The lowest BCUT2D eigenvalue weighted by atomic mass is 10.2. The molecule has 4 aromatic carbocycles. The zero-order chi connectivity index (χ0) is 20.1. The molecule has 142 valence electrons. The van der Waals surface area contributed by atoms with Crippen molar-refractivity contribution in [2.75, 3.05) is 0 Å². The van der Waals surface area contributed by atoms with E-state index in [0.29, 0.717) is 5.69 Å². The molecule has 0 heterocycles. The minimum Gasteiger partial charge on any atom is -0.506 e. The Kier molecular flexibility index (Phi) is 5.84. The largest absolute Gasteiger partial charge is 0.506 e. The molecule has 29 heavy (non-hydrogen) atoms. The first-order valence-electron chi connectivity index (χ1n) is 9.56. The number of aryl methyl sites for hydroxylation is 1. The van der Waals surface area contributed by atoms with E-state index in [-0.39, 0.29) is 5.75 Å². The minimum atomic E-state index is -0.716.